The van der Waals surface area contributed by atoms with Crippen LogP contribution in [0.3, 0.4) is 0 Å². The molecule has 122 valence electrons. The highest BCUT2D eigenvalue weighted by molar-refractivity contribution is 6.06. The van der Waals surface area contributed by atoms with E-state index >= 15 is 0 Å². The second kappa shape index (κ2) is 6.95. The van der Waals surface area contributed by atoms with Crippen molar-refractivity contribution in [3.8, 4) is 0 Å². The molecule has 0 spiro atoms. The highest BCUT2D eigenvalue weighted by Gasteiger charge is 2.16. The van der Waals surface area contributed by atoms with Crippen LogP contribution in [0.1, 0.15) is 23.0 Å². The first-order valence-corrected chi connectivity index (χ1v) is 7.69. The lowest BCUT2D eigenvalue weighted by molar-refractivity contribution is 0.0988. The van der Waals surface area contributed by atoms with Gasteiger partial charge in [-0.2, -0.15) is 0 Å². The van der Waals surface area contributed by atoms with E-state index in [1.807, 2.05) is 44.2 Å². The molecule has 2 aromatic heterocycles. The van der Waals surface area contributed by atoms with Crippen LogP contribution >= 0.6 is 0 Å². The maximum absolute atomic E-state index is 12.8. The Morgan fingerprint density at radius 3 is 2.67 bits per heavy atom. The van der Waals surface area contributed by atoms with Crippen molar-refractivity contribution >= 4 is 23.1 Å². The lowest BCUT2D eigenvalue weighted by Crippen LogP contribution is -2.30. The highest BCUT2D eigenvalue weighted by Crippen LogP contribution is 2.20. The first-order chi connectivity index (χ1) is 11.7. The fourth-order valence-electron chi connectivity index (χ4n) is 2.41. The Balaban J connectivity index is 1.83. The second-order valence-electron chi connectivity index (χ2n) is 5.30. The quantitative estimate of drug-likeness (QED) is 0.774. The molecule has 0 unspecified atom stereocenters. The van der Waals surface area contributed by atoms with Gasteiger partial charge < -0.3 is 14.7 Å². The van der Waals surface area contributed by atoms with Crippen molar-refractivity contribution in [2.45, 2.75) is 13.8 Å². The molecule has 0 saturated heterocycles. The number of carbonyl (C=O) groups is 1. The lowest BCUT2D eigenvalue weighted by atomic mass is 10.2. The number of rotatable bonds is 5. The van der Waals surface area contributed by atoms with Gasteiger partial charge in [0, 0.05) is 24.5 Å². The summed E-state index contributed by atoms with van der Waals surface area (Å²) in [6.45, 7) is 4.33. The molecule has 0 aliphatic carbocycles. The third-order valence-corrected chi connectivity index (χ3v) is 3.51. The van der Waals surface area contributed by atoms with E-state index in [0.717, 1.165) is 5.69 Å². The van der Waals surface area contributed by atoms with Crippen molar-refractivity contribution in [1.29, 1.82) is 0 Å². The summed E-state index contributed by atoms with van der Waals surface area (Å²) >= 11 is 0. The van der Waals surface area contributed by atoms with Crippen LogP contribution in [0, 0.1) is 6.92 Å². The molecular formula is C18H18N4O2. The number of nitrogens with zero attached hydrogens (tertiary/aromatic N) is 3. The largest absolute Gasteiger partial charge is 0.360 e. The molecule has 24 heavy (non-hydrogen) atoms. The fraction of sp³-hybridized carbons (Fsp3) is 0.167. The van der Waals surface area contributed by atoms with E-state index in [-0.39, 0.29) is 5.91 Å². The zero-order valence-electron chi connectivity index (χ0n) is 13.6. The molecular weight excluding hydrogens is 304 g/mol. The van der Waals surface area contributed by atoms with Gasteiger partial charge >= 0.3 is 0 Å². The minimum absolute atomic E-state index is 0.101. The molecule has 0 atom stereocenters. The van der Waals surface area contributed by atoms with Crippen molar-refractivity contribution < 1.29 is 9.32 Å². The van der Waals surface area contributed by atoms with Gasteiger partial charge in [0.05, 0.1) is 17.4 Å². The Labute approximate surface area is 140 Å². The molecule has 3 aromatic rings. The van der Waals surface area contributed by atoms with Crippen LogP contribution in [0.25, 0.3) is 0 Å². The fourth-order valence-corrected chi connectivity index (χ4v) is 2.41. The summed E-state index contributed by atoms with van der Waals surface area (Å²) in [6.07, 6.45) is 3.20. The van der Waals surface area contributed by atoms with Gasteiger partial charge in [-0.1, -0.05) is 23.4 Å². The second-order valence-corrected chi connectivity index (χ2v) is 5.30. The van der Waals surface area contributed by atoms with Gasteiger partial charge in [0.15, 0.2) is 5.82 Å². The number of nitrogens with one attached hydrogen (secondary N) is 1. The van der Waals surface area contributed by atoms with Gasteiger partial charge in [-0.15, -0.1) is 0 Å². The third-order valence-electron chi connectivity index (χ3n) is 3.51. The highest BCUT2D eigenvalue weighted by atomic mass is 16.5. The lowest BCUT2D eigenvalue weighted by Gasteiger charge is -2.21. The Bertz CT molecular complexity index is 830. The average Bonchev–Trinajstić information content (AvgIpc) is 3.01. The maximum Gasteiger partial charge on any atom is 0.259 e. The van der Waals surface area contributed by atoms with Crippen molar-refractivity contribution in [3.63, 3.8) is 0 Å². The topological polar surface area (TPSA) is 71.3 Å². The van der Waals surface area contributed by atoms with E-state index in [9.17, 15) is 4.79 Å². The van der Waals surface area contributed by atoms with Crippen LogP contribution in [-0.2, 0) is 0 Å². The van der Waals surface area contributed by atoms with Crippen molar-refractivity contribution in [1.82, 2.24) is 10.1 Å². The Morgan fingerprint density at radius 2 is 2.00 bits per heavy atom. The van der Waals surface area contributed by atoms with Gasteiger partial charge in [0.25, 0.3) is 5.91 Å². The number of anilines is 3. The molecule has 2 heterocycles. The van der Waals surface area contributed by atoms with Crippen LogP contribution in [0.5, 0.6) is 0 Å². The molecule has 0 saturated carbocycles. The van der Waals surface area contributed by atoms with Crippen LogP contribution in [-0.4, -0.2) is 22.6 Å². The maximum atomic E-state index is 12.8. The zero-order valence-corrected chi connectivity index (χ0v) is 13.6. The molecule has 1 amide bonds. The number of pyridine rings is 1. The first-order valence-electron chi connectivity index (χ1n) is 7.69. The number of amides is 1. The van der Waals surface area contributed by atoms with Gasteiger partial charge in [-0.25, -0.2) is 0 Å². The van der Waals surface area contributed by atoms with Crippen LogP contribution < -0.4 is 10.2 Å². The molecule has 0 bridgehead atoms. The Morgan fingerprint density at radius 1 is 1.21 bits per heavy atom. The molecule has 3 rings (SSSR count). The molecule has 6 heteroatoms. The van der Waals surface area contributed by atoms with Crippen molar-refractivity contribution in [2.24, 2.45) is 0 Å². The monoisotopic (exact) mass is 322 g/mol. The number of aromatic nitrogens is 2. The van der Waals surface area contributed by atoms with E-state index in [0.29, 0.717) is 29.4 Å². The van der Waals surface area contributed by atoms with Crippen molar-refractivity contribution in [3.05, 3.63) is 66.2 Å². The predicted octanol–water partition coefficient (Wildman–Crippen LogP) is 3.79. The normalized spacial score (nSPS) is 10.4. The molecule has 6 nitrogen and oxygen atoms in total. The minimum atomic E-state index is -0.101. The summed E-state index contributed by atoms with van der Waals surface area (Å²) in [5, 5.41) is 6.95. The smallest absolute Gasteiger partial charge is 0.259 e. The molecule has 1 N–H and O–H groups in total. The first kappa shape index (κ1) is 15.7. The van der Waals surface area contributed by atoms with Gasteiger partial charge in [0.2, 0.25) is 0 Å². The van der Waals surface area contributed by atoms with Crippen LogP contribution in [0.15, 0.2) is 59.4 Å². The van der Waals surface area contributed by atoms with Gasteiger partial charge in [-0.3, -0.25) is 9.78 Å². The summed E-state index contributed by atoms with van der Waals surface area (Å²) in [4.78, 5) is 18.7. The molecule has 0 fully saturated rings. The van der Waals surface area contributed by atoms with Crippen LogP contribution in [0.4, 0.5) is 17.2 Å². The summed E-state index contributed by atoms with van der Waals surface area (Å²) in [5.41, 5.74) is 2.04. The number of benzene rings is 1. The number of aryl methyl sites for hydroxylation is 1. The number of para-hydroxylation sites is 1. The SMILES string of the molecule is CCN(C(=O)c1cncc(Nc2cc(C)on2)c1)c1ccccc1. The predicted molar refractivity (Wildman–Crippen MR) is 92.6 cm³/mol. The van der Waals surface area contributed by atoms with Gasteiger partial charge in [-0.05, 0) is 32.0 Å². The minimum Gasteiger partial charge on any atom is -0.360 e. The standard InChI is InChI=1S/C18H18N4O2/c1-3-22(16-7-5-4-6-8-16)18(23)14-10-15(12-19-11-14)20-17-9-13(2)24-21-17/h4-12H,3H2,1-2H3,(H,20,21). The molecule has 0 radical (unpaired) electrons. The Kier molecular flexibility index (Phi) is 4.56. The summed E-state index contributed by atoms with van der Waals surface area (Å²) in [5.74, 6) is 1.18. The van der Waals surface area contributed by atoms with Crippen LogP contribution in [0.2, 0.25) is 0 Å². The van der Waals surface area contributed by atoms with Crippen molar-refractivity contribution in [2.75, 3.05) is 16.8 Å². The number of carbonyl (C=O) groups excluding carboxylic acids is 1. The van der Waals surface area contributed by atoms with E-state index in [1.165, 1.54) is 0 Å². The average molecular weight is 322 g/mol. The van der Waals surface area contributed by atoms with E-state index in [1.54, 1.807) is 29.4 Å². The molecule has 0 aliphatic rings. The summed E-state index contributed by atoms with van der Waals surface area (Å²) in [7, 11) is 0. The zero-order chi connectivity index (χ0) is 16.9. The van der Waals surface area contributed by atoms with Gasteiger partial charge in [0.1, 0.15) is 5.76 Å². The Hall–Kier alpha value is -3.15. The molecule has 0 aliphatic heterocycles. The number of hydrogen-bond donors (Lipinski definition) is 1. The number of hydrogen-bond acceptors (Lipinski definition) is 5. The summed E-state index contributed by atoms with van der Waals surface area (Å²) < 4.78 is 5.02. The third kappa shape index (κ3) is 3.43. The van der Waals surface area contributed by atoms with E-state index in [2.05, 4.69) is 15.5 Å². The van der Waals surface area contributed by atoms with E-state index in [4.69, 9.17) is 4.52 Å². The molecule has 1 aromatic carbocycles. The van der Waals surface area contributed by atoms with E-state index < -0.39 is 0 Å². The summed E-state index contributed by atoms with van der Waals surface area (Å²) in [6, 6.07) is 13.1.